The Bertz CT molecular complexity index is 1220. The fourth-order valence-corrected chi connectivity index (χ4v) is 3.86. The van der Waals surface area contributed by atoms with Crippen LogP contribution in [-0.4, -0.2) is 62.8 Å². The van der Waals surface area contributed by atoms with E-state index in [2.05, 4.69) is 15.3 Å². The molecule has 1 aliphatic rings. The molecule has 0 saturated heterocycles. The van der Waals surface area contributed by atoms with E-state index in [9.17, 15) is 14.4 Å². The molecule has 5 N–H and O–H groups in total. The Labute approximate surface area is 184 Å². The number of anilines is 2. The van der Waals surface area contributed by atoms with Crippen molar-refractivity contribution in [1.29, 1.82) is 0 Å². The molecule has 0 aliphatic carbocycles. The molecule has 2 amide bonds. The van der Waals surface area contributed by atoms with Crippen LogP contribution in [0.2, 0.25) is 0 Å². The predicted octanol–water partition coefficient (Wildman–Crippen LogP) is 1.64. The van der Waals surface area contributed by atoms with Crippen molar-refractivity contribution in [2.45, 2.75) is 25.6 Å². The zero-order valence-corrected chi connectivity index (χ0v) is 17.8. The summed E-state index contributed by atoms with van der Waals surface area (Å²) in [4.78, 5) is 47.3. The lowest BCUT2D eigenvalue weighted by Crippen LogP contribution is -2.39. The number of imidazole rings is 1. The Morgan fingerprint density at radius 3 is 2.81 bits per heavy atom. The van der Waals surface area contributed by atoms with Crippen LogP contribution in [0.25, 0.3) is 11.0 Å². The van der Waals surface area contributed by atoms with E-state index < -0.39 is 12.0 Å². The molecule has 10 nitrogen and oxygen atoms in total. The monoisotopic (exact) mass is 436 g/mol. The summed E-state index contributed by atoms with van der Waals surface area (Å²) in [6, 6.07) is 9.72. The standard InChI is InChI=1S/C22H24N6O4/c1-27-10-13-8-12(6-7-15(13)24-17(22(27)32)9-19(29)30)21(31)28(2)11-18-25-16-5-3-4-14(23)20(16)26-18/h3-8,17,24H,9-11,23H2,1-2H3,(H,25,26)(H,29,30)/t17-/m0/s1. The Kier molecular flexibility index (Phi) is 5.43. The molecule has 166 valence electrons. The topological polar surface area (TPSA) is 145 Å². The van der Waals surface area contributed by atoms with Crippen molar-refractivity contribution in [2.75, 3.05) is 25.1 Å². The van der Waals surface area contributed by atoms with Crippen LogP contribution in [0.3, 0.4) is 0 Å². The molecule has 3 aromatic rings. The van der Waals surface area contributed by atoms with Crippen molar-refractivity contribution in [3.8, 4) is 0 Å². The van der Waals surface area contributed by atoms with Crippen LogP contribution in [0.4, 0.5) is 11.4 Å². The number of carboxylic acid groups (broad SMARTS) is 1. The van der Waals surface area contributed by atoms with Crippen molar-refractivity contribution in [3.63, 3.8) is 0 Å². The van der Waals surface area contributed by atoms with Gasteiger partial charge in [-0.15, -0.1) is 0 Å². The zero-order chi connectivity index (χ0) is 23.0. The van der Waals surface area contributed by atoms with Crippen molar-refractivity contribution >= 4 is 40.2 Å². The third-order valence-corrected chi connectivity index (χ3v) is 5.47. The summed E-state index contributed by atoms with van der Waals surface area (Å²) in [5.41, 5.74) is 9.84. The second-order valence-electron chi connectivity index (χ2n) is 7.95. The summed E-state index contributed by atoms with van der Waals surface area (Å²) >= 11 is 0. The average Bonchev–Trinajstić information content (AvgIpc) is 3.12. The van der Waals surface area contributed by atoms with Crippen molar-refractivity contribution in [3.05, 3.63) is 53.3 Å². The minimum atomic E-state index is -1.06. The number of carbonyl (C=O) groups excluding carboxylic acids is 2. The number of carboxylic acids is 1. The van der Waals surface area contributed by atoms with Gasteiger partial charge < -0.3 is 30.9 Å². The van der Waals surface area contributed by atoms with Gasteiger partial charge in [0.1, 0.15) is 17.4 Å². The van der Waals surface area contributed by atoms with E-state index in [4.69, 9.17) is 10.8 Å². The van der Waals surface area contributed by atoms with E-state index in [-0.39, 0.29) is 31.3 Å². The van der Waals surface area contributed by atoms with Crippen LogP contribution in [0.5, 0.6) is 0 Å². The highest BCUT2D eigenvalue weighted by Crippen LogP contribution is 2.26. The Morgan fingerprint density at radius 2 is 2.09 bits per heavy atom. The number of nitrogens with zero attached hydrogens (tertiary/aromatic N) is 3. The van der Waals surface area contributed by atoms with Crippen LogP contribution in [0.15, 0.2) is 36.4 Å². The minimum Gasteiger partial charge on any atom is -0.481 e. The van der Waals surface area contributed by atoms with Crippen molar-refractivity contribution in [1.82, 2.24) is 19.8 Å². The maximum absolute atomic E-state index is 13.0. The molecule has 0 spiro atoms. The van der Waals surface area contributed by atoms with Gasteiger partial charge in [-0.1, -0.05) is 6.07 Å². The van der Waals surface area contributed by atoms with E-state index in [1.807, 2.05) is 12.1 Å². The van der Waals surface area contributed by atoms with Crippen LogP contribution in [0, 0.1) is 0 Å². The Balaban J connectivity index is 1.54. The highest BCUT2D eigenvalue weighted by atomic mass is 16.4. The predicted molar refractivity (Wildman–Crippen MR) is 119 cm³/mol. The fraction of sp³-hybridized carbons (Fsp3) is 0.273. The summed E-state index contributed by atoms with van der Waals surface area (Å²) < 4.78 is 0. The average molecular weight is 436 g/mol. The van der Waals surface area contributed by atoms with Crippen molar-refractivity contribution in [2.24, 2.45) is 0 Å². The molecule has 1 aromatic heterocycles. The molecule has 0 saturated carbocycles. The number of amides is 2. The number of para-hydroxylation sites is 1. The normalized spacial score (nSPS) is 15.8. The van der Waals surface area contributed by atoms with Crippen LogP contribution in [-0.2, 0) is 22.7 Å². The number of aliphatic carboxylic acids is 1. The van der Waals surface area contributed by atoms with E-state index in [1.54, 1.807) is 43.3 Å². The minimum absolute atomic E-state index is 0.207. The lowest BCUT2D eigenvalue weighted by Gasteiger charge is -2.19. The summed E-state index contributed by atoms with van der Waals surface area (Å²) in [5.74, 6) is -0.959. The fourth-order valence-electron chi connectivity index (χ4n) is 3.86. The summed E-state index contributed by atoms with van der Waals surface area (Å²) in [6.07, 6.45) is -0.325. The third kappa shape index (κ3) is 4.07. The van der Waals surface area contributed by atoms with Gasteiger partial charge in [0.2, 0.25) is 5.91 Å². The first-order chi connectivity index (χ1) is 15.2. The second-order valence-corrected chi connectivity index (χ2v) is 7.95. The van der Waals surface area contributed by atoms with Gasteiger partial charge in [-0.05, 0) is 35.9 Å². The molecule has 0 fully saturated rings. The summed E-state index contributed by atoms with van der Waals surface area (Å²) in [6.45, 7) is 0.534. The lowest BCUT2D eigenvalue weighted by atomic mass is 10.1. The maximum Gasteiger partial charge on any atom is 0.305 e. The SMILES string of the molecule is CN(Cc1nc2c(N)cccc2[nH]1)C(=O)c1ccc2c(c1)CN(C)C(=O)[C@H](CC(=O)O)N2. The molecule has 2 heterocycles. The molecule has 2 aromatic carbocycles. The molecule has 32 heavy (non-hydrogen) atoms. The number of H-pyrrole nitrogens is 1. The van der Waals surface area contributed by atoms with E-state index in [0.717, 1.165) is 11.1 Å². The quantitative estimate of drug-likeness (QED) is 0.445. The number of nitrogens with two attached hydrogens (primary N) is 1. The Hall–Kier alpha value is -4.08. The zero-order valence-electron chi connectivity index (χ0n) is 17.8. The van der Waals surface area contributed by atoms with E-state index in [0.29, 0.717) is 28.3 Å². The number of aromatic amines is 1. The number of carbonyl (C=O) groups is 3. The molecule has 10 heteroatoms. The molecular weight excluding hydrogens is 412 g/mol. The van der Waals surface area contributed by atoms with Crippen LogP contribution in [0.1, 0.15) is 28.2 Å². The van der Waals surface area contributed by atoms with Gasteiger partial charge in [-0.25, -0.2) is 4.98 Å². The van der Waals surface area contributed by atoms with E-state index >= 15 is 0 Å². The van der Waals surface area contributed by atoms with Crippen molar-refractivity contribution < 1.29 is 19.5 Å². The molecule has 4 rings (SSSR count). The number of hydrogen-bond donors (Lipinski definition) is 4. The molecule has 0 unspecified atom stereocenters. The van der Waals surface area contributed by atoms with Gasteiger partial charge in [0, 0.05) is 31.9 Å². The number of likely N-dealkylation sites (N-methyl/N-ethyl adjacent to an activating group) is 1. The van der Waals surface area contributed by atoms with Gasteiger partial charge in [0.05, 0.1) is 24.2 Å². The summed E-state index contributed by atoms with van der Waals surface area (Å²) in [7, 11) is 3.29. The van der Waals surface area contributed by atoms with Crippen LogP contribution < -0.4 is 11.1 Å². The molecular formula is C22H24N6O4. The second kappa shape index (κ2) is 8.22. The number of nitrogens with one attached hydrogen (secondary N) is 2. The number of aromatic nitrogens is 2. The van der Waals surface area contributed by atoms with Gasteiger partial charge in [0.25, 0.3) is 5.91 Å². The first-order valence-electron chi connectivity index (χ1n) is 10.1. The number of rotatable bonds is 5. The molecule has 1 atom stereocenters. The third-order valence-electron chi connectivity index (χ3n) is 5.47. The highest BCUT2D eigenvalue weighted by molar-refractivity contribution is 5.96. The first kappa shape index (κ1) is 21.2. The maximum atomic E-state index is 13.0. The highest BCUT2D eigenvalue weighted by Gasteiger charge is 2.29. The molecule has 0 bridgehead atoms. The first-order valence-corrected chi connectivity index (χ1v) is 10.1. The van der Waals surface area contributed by atoms with Gasteiger partial charge >= 0.3 is 5.97 Å². The number of nitrogen functional groups attached to an aromatic ring is 1. The summed E-state index contributed by atoms with van der Waals surface area (Å²) in [5, 5.41) is 12.1. The van der Waals surface area contributed by atoms with Crippen LogP contribution >= 0.6 is 0 Å². The Morgan fingerprint density at radius 1 is 1.31 bits per heavy atom. The number of fused-ring (bicyclic) bond motifs is 2. The number of hydrogen-bond acceptors (Lipinski definition) is 6. The van der Waals surface area contributed by atoms with Gasteiger partial charge in [-0.2, -0.15) is 0 Å². The molecule has 0 radical (unpaired) electrons. The smallest absolute Gasteiger partial charge is 0.305 e. The largest absolute Gasteiger partial charge is 0.481 e. The van der Waals surface area contributed by atoms with Gasteiger partial charge in [-0.3, -0.25) is 14.4 Å². The van der Waals surface area contributed by atoms with Gasteiger partial charge in [0.15, 0.2) is 0 Å². The molecule has 1 aliphatic heterocycles. The lowest BCUT2D eigenvalue weighted by molar-refractivity contribution is -0.141. The number of benzene rings is 2. The van der Waals surface area contributed by atoms with E-state index in [1.165, 1.54) is 4.90 Å².